The Kier molecular flexibility index (Phi) is 4.28. The average molecular weight is 275 g/mol. The van der Waals surface area contributed by atoms with Crippen molar-refractivity contribution < 1.29 is 14.3 Å². The number of methoxy groups -OCH3 is 1. The van der Waals surface area contributed by atoms with Gasteiger partial charge in [-0.15, -0.1) is 10.2 Å². The zero-order valence-electron chi connectivity index (χ0n) is 10.7. The van der Waals surface area contributed by atoms with Crippen LogP contribution in [0.5, 0.6) is 0 Å². The molecule has 0 spiro atoms. The number of hydrogen-bond donors (Lipinski definition) is 3. The van der Waals surface area contributed by atoms with Gasteiger partial charge >= 0.3 is 5.97 Å². The van der Waals surface area contributed by atoms with E-state index in [0.29, 0.717) is 6.54 Å². The molecule has 8 heteroatoms. The Morgan fingerprint density at radius 1 is 1.15 bits per heavy atom. The summed E-state index contributed by atoms with van der Waals surface area (Å²) in [7, 11) is 1.22. The molecule has 0 atom stereocenters. The maximum atomic E-state index is 11.8. The molecule has 1 amide bonds. The van der Waals surface area contributed by atoms with Gasteiger partial charge in [0.2, 0.25) is 5.84 Å². The highest BCUT2D eigenvalue weighted by Crippen LogP contribution is 1.97. The summed E-state index contributed by atoms with van der Waals surface area (Å²) in [5, 5.41) is 10.0. The number of nitrogens with one attached hydrogen (secondary N) is 3. The number of amidine groups is 2. The molecule has 1 aromatic rings. The molecule has 1 aromatic carbocycles. The van der Waals surface area contributed by atoms with E-state index in [1.165, 1.54) is 7.11 Å². The van der Waals surface area contributed by atoms with Crippen LogP contribution in [0.2, 0.25) is 0 Å². The standard InChI is InChI=1S/C12H13N5O3/c1-20-12(19)10-16-14-9(15-17-10)11(18)13-7-8-5-3-2-4-6-8/h2-6H,7H2,1H3,(H,13,18)(H,14,15)(H,16,17). The van der Waals surface area contributed by atoms with E-state index in [1.807, 2.05) is 30.3 Å². The van der Waals surface area contributed by atoms with Crippen LogP contribution in [-0.2, 0) is 20.9 Å². The maximum Gasteiger partial charge on any atom is 0.377 e. The number of rotatable bonds is 4. The van der Waals surface area contributed by atoms with E-state index in [2.05, 4.69) is 31.1 Å². The maximum absolute atomic E-state index is 11.8. The van der Waals surface area contributed by atoms with Crippen molar-refractivity contribution >= 4 is 23.5 Å². The van der Waals surface area contributed by atoms with Crippen LogP contribution in [0.1, 0.15) is 5.56 Å². The van der Waals surface area contributed by atoms with Gasteiger partial charge in [0.25, 0.3) is 11.7 Å². The molecular formula is C12H13N5O3. The Morgan fingerprint density at radius 2 is 1.80 bits per heavy atom. The molecule has 0 bridgehead atoms. The second-order valence-corrected chi connectivity index (χ2v) is 3.80. The van der Waals surface area contributed by atoms with E-state index in [0.717, 1.165) is 5.56 Å². The van der Waals surface area contributed by atoms with Crippen LogP contribution in [0.15, 0.2) is 40.5 Å². The van der Waals surface area contributed by atoms with Gasteiger partial charge in [-0.05, 0) is 5.56 Å². The van der Waals surface area contributed by atoms with Crippen molar-refractivity contribution in [3.63, 3.8) is 0 Å². The van der Waals surface area contributed by atoms with Gasteiger partial charge in [-0.3, -0.25) is 15.6 Å². The minimum atomic E-state index is -0.676. The van der Waals surface area contributed by atoms with Gasteiger partial charge in [-0.25, -0.2) is 4.79 Å². The Labute approximate surface area is 114 Å². The Hall–Kier alpha value is -2.90. The van der Waals surface area contributed by atoms with E-state index in [1.54, 1.807) is 0 Å². The Balaban J connectivity index is 1.86. The number of nitrogens with zero attached hydrogens (tertiary/aromatic N) is 2. The third-order valence-electron chi connectivity index (χ3n) is 2.44. The summed E-state index contributed by atoms with van der Waals surface area (Å²) >= 11 is 0. The smallest absolute Gasteiger partial charge is 0.377 e. The first-order chi connectivity index (χ1) is 9.70. The third-order valence-corrected chi connectivity index (χ3v) is 2.44. The van der Waals surface area contributed by atoms with E-state index in [9.17, 15) is 9.59 Å². The van der Waals surface area contributed by atoms with Crippen molar-refractivity contribution in [3.05, 3.63) is 35.9 Å². The van der Waals surface area contributed by atoms with Crippen LogP contribution in [-0.4, -0.2) is 30.7 Å². The second-order valence-electron chi connectivity index (χ2n) is 3.80. The van der Waals surface area contributed by atoms with Gasteiger partial charge in [0.15, 0.2) is 0 Å². The zero-order chi connectivity index (χ0) is 14.4. The van der Waals surface area contributed by atoms with E-state index < -0.39 is 11.9 Å². The fourth-order valence-corrected chi connectivity index (χ4v) is 1.42. The third kappa shape index (κ3) is 3.31. The van der Waals surface area contributed by atoms with Crippen molar-refractivity contribution in [2.75, 3.05) is 7.11 Å². The van der Waals surface area contributed by atoms with Crippen molar-refractivity contribution in [2.24, 2.45) is 10.2 Å². The van der Waals surface area contributed by atoms with Gasteiger partial charge in [-0.1, -0.05) is 30.3 Å². The van der Waals surface area contributed by atoms with Crippen LogP contribution in [0.4, 0.5) is 0 Å². The number of ether oxygens (including phenoxy) is 1. The predicted molar refractivity (Wildman–Crippen MR) is 71.4 cm³/mol. The molecule has 0 radical (unpaired) electrons. The molecular weight excluding hydrogens is 262 g/mol. The Bertz CT molecular complexity index is 568. The summed E-state index contributed by atoms with van der Waals surface area (Å²) < 4.78 is 4.45. The number of amides is 1. The van der Waals surface area contributed by atoms with Crippen LogP contribution >= 0.6 is 0 Å². The lowest BCUT2D eigenvalue weighted by Crippen LogP contribution is -2.45. The molecule has 0 aromatic heterocycles. The number of benzene rings is 1. The summed E-state index contributed by atoms with van der Waals surface area (Å²) in [5.74, 6) is -1.26. The monoisotopic (exact) mass is 275 g/mol. The largest absolute Gasteiger partial charge is 0.463 e. The first-order valence-electron chi connectivity index (χ1n) is 5.78. The fourth-order valence-electron chi connectivity index (χ4n) is 1.42. The van der Waals surface area contributed by atoms with E-state index in [4.69, 9.17) is 0 Å². The van der Waals surface area contributed by atoms with Crippen LogP contribution in [0.3, 0.4) is 0 Å². The van der Waals surface area contributed by atoms with Crippen molar-refractivity contribution in [1.29, 1.82) is 0 Å². The molecule has 104 valence electrons. The van der Waals surface area contributed by atoms with E-state index in [-0.39, 0.29) is 11.7 Å². The number of hydrogen-bond acceptors (Lipinski definition) is 7. The molecule has 3 N–H and O–H groups in total. The summed E-state index contributed by atoms with van der Waals surface area (Å²) in [6.07, 6.45) is 0. The molecule has 0 fully saturated rings. The normalized spacial score (nSPS) is 13.2. The highest BCUT2D eigenvalue weighted by Gasteiger charge is 2.19. The molecule has 0 saturated carbocycles. The van der Waals surface area contributed by atoms with Crippen molar-refractivity contribution in [2.45, 2.75) is 6.54 Å². The van der Waals surface area contributed by atoms with Gasteiger partial charge in [0.05, 0.1) is 7.11 Å². The van der Waals surface area contributed by atoms with Gasteiger partial charge in [0, 0.05) is 6.54 Å². The summed E-state index contributed by atoms with van der Waals surface area (Å²) in [5.41, 5.74) is 5.68. The first kappa shape index (κ1) is 13.5. The molecule has 0 unspecified atom stereocenters. The number of hydrazone groups is 2. The van der Waals surface area contributed by atoms with E-state index >= 15 is 0 Å². The topological polar surface area (TPSA) is 104 Å². The zero-order valence-corrected chi connectivity index (χ0v) is 10.7. The molecule has 1 heterocycles. The average Bonchev–Trinajstić information content (AvgIpc) is 2.53. The second kappa shape index (κ2) is 6.32. The summed E-state index contributed by atoms with van der Waals surface area (Å²) in [4.78, 5) is 22.9. The van der Waals surface area contributed by atoms with Gasteiger partial charge in [0.1, 0.15) is 0 Å². The van der Waals surface area contributed by atoms with Crippen molar-refractivity contribution in [1.82, 2.24) is 16.2 Å². The molecule has 8 nitrogen and oxygen atoms in total. The highest BCUT2D eigenvalue weighted by atomic mass is 16.5. The molecule has 0 saturated heterocycles. The molecule has 20 heavy (non-hydrogen) atoms. The molecule has 1 aliphatic rings. The lowest BCUT2D eigenvalue weighted by Gasteiger charge is -2.13. The van der Waals surface area contributed by atoms with Gasteiger partial charge < -0.3 is 10.1 Å². The lowest BCUT2D eigenvalue weighted by molar-refractivity contribution is -0.133. The fraction of sp³-hybridized carbons (Fsp3) is 0.167. The Morgan fingerprint density at radius 3 is 2.40 bits per heavy atom. The summed E-state index contributed by atoms with van der Waals surface area (Å²) in [6, 6.07) is 9.44. The highest BCUT2D eigenvalue weighted by molar-refractivity contribution is 6.41. The van der Waals surface area contributed by atoms with Crippen LogP contribution in [0, 0.1) is 0 Å². The lowest BCUT2D eigenvalue weighted by atomic mass is 10.2. The van der Waals surface area contributed by atoms with Crippen molar-refractivity contribution in [3.8, 4) is 0 Å². The number of esters is 1. The molecule has 2 rings (SSSR count). The SMILES string of the molecule is COC(=O)C1=NNC(C(=O)NCc2ccccc2)=NN1. The minimum Gasteiger partial charge on any atom is -0.463 e. The number of carbonyl (C=O) groups is 2. The quantitative estimate of drug-likeness (QED) is 0.630. The number of carbonyl (C=O) groups excluding carboxylic acids is 2. The first-order valence-corrected chi connectivity index (χ1v) is 5.78. The molecule has 0 aliphatic carbocycles. The summed E-state index contributed by atoms with van der Waals surface area (Å²) in [6.45, 7) is 0.369. The minimum absolute atomic E-state index is 0.0337. The van der Waals surface area contributed by atoms with Crippen LogP contribution < -0.4 is 16.2 Å². The predicted octanol–water partition coefficient (Wildman–Crippen LogP) is -0.704. The van der Waals surface area contributed by atoms with Crippen LogP contribution in [0.25, 0.3) is 0 Å². The van der Waals surface area contributed by atoms with Gasteiger partial charge in [-0.2, -0.15) is 0 Å². The molecule has 1 aliphatic heterocycles.